The predicted octanol–water partition coefficient (Wildman–Crippen LogP) is 1.26. The molecule has 21 heavy (non-hydrogen) atoms. The van der Waals surface area contributed by atoms with Crippen molar-refractivity contribution in [3.8, 4) is 17.3 Å². The van der Waals surface area contributed by atoms with Gasteiger partial charge in [0.2, 0.25) is 0 Å². The highest BCUT2D eigenvalue weighted by molar-refractivity contribution is 5.91. The highest BCUT2D eigenvalue weighted by atomic mass is 16.3. The van der Waals surface area contributed by atoms with E-state index in [0.29, 0.717) is 22.3 Å². The molecule has 0 fully saturated rings. The minimum absolute atomic E-state index is 0.136. The molecule has 2 aromatic heterocycles. The van der Waals surface area contributed by atoms with Gasteiger partial charge in [-0.3, -0.25) is 4.79 Å². The van der Waals surface area contributed by atoms with Gasteiger partial charge in [-0.15, -0.1) is 0 Å². The lowest BCUT2D eigenvalue weighted by atomic mass is 10.1. The zero-order valence-electron chi connectivity index (χ0n) is 11.1. The minimum atomic E-state index is -0.327. The van der Waals surface area contributed by atoms with Gasteiger partial charge >= 0.3 is 0 Å². The first kappa shape index (κ1) is 13.1. The molecule has 0 bridgehead atoms. The number of nitriles is 1. The van der Waals surface area contributed by atoms with Crippen LogP contribution in [0.4, 0.5) is 0 Å². The third-order valence-electron chi connectivity index (χ3n) is 3.32. The number of aliphatic hydroxyl groups is 1. The first-order valence-corrected chi connectivity index (χ1v) is 6.44. The van der Waals surface area contributed by atoms with Gasteiger partial charge in [-0.1, -0.05) is 30.3 Å². The van der Waals surface area contributed by atoms with E-state index in [0.717, 1.165) is 5.56 Å². The van der Waals surface area contributed by atoms with Gasteiger partial charge < -0.3 is 14.7 Å². The molecule has 0 saturated carbocycles. The van der Waals surface area contributed by atoms with Crippen LogP contribution < -0.4 is 5.56 Å². The molecule has 1 aromatic carbocycles. The van der Waals surface area contributed by atoms with Crippen LogP contribution in [-0.4, -0.2) is 26.2 Å². The van der Waals surface area contributed by atoms with Gasteiger partial charge in [-0.2, -0.15) is 5.26 Å². The molecule has 104 valence electrons. The van der Waals surface area contributed by atoms with Crippen molar-refractivity contribution in [2.45, 2.75) is 6.54 Å². The Morgan fingerprint density at radius 2 is 2.10 bits per heavy atom. The molecule has 2 heterocycles. The van der Waals surface area contributed by atoms with Gasteiger partial charge in [-0.25, -0.2) is 4.98 Å². The normalized spacial score (nSPS) is 10.7. The maximum Gasteiger partial charge on any atom is 0.275 e. The van der Waals surface area contributed by atoms with E-state index in [1.165, 1.54) is 6.33 Å². The summed E-state index contributed by atoms with van der Waals surface area (Å²) < 4.78 is 1.65. The summed E-state index contributed by atoms with van der Waals surface area (Å²) >= 11 is 0. The van der Waals surface area contributed by atoms with Crippen molar-refractivity contribution in [2.24, 2.45) is 0 Å². The van der Waals surface area contributed by atoms with E-state index < -0.39 is 0 Å². The van der Waals surface area contributed by atoms with E-state index in [-0.39, 0.29) is 18.7 Å². The number of benzene rings is 1. The van der Waals surface area contributed by atoms with Crippen molar-refractivity contribution < 1.29 is 5.11 Å². The topological polar surface area (TPSA) is 94.7 Å². The Morgan fingerprint density at radius 3 is 2.76 bits per heavy atom. The van der Waals surface area contributed by atoms with Crippen LogP contribution in [0.25, 0.3) is 22.3 Å². The zero-order valence-corrected chi connectivity index (χ0v) is 11.1. The first-order chi connectivity index (χ1) is 10.3. The first-order valence-electron chi connectivity index (χ1n) is 6.44. The molecule has 0 aliphatic rings. The summed E-state index contributed by atoms with van der Waals surface area (Å²) in [4.78, 5) is 18.7. The lowest BCUT2D eigenvalue weighted by molar-refractivity contribution is 0.278. The Labute approximate surface area is 119 Å². The lowest BCUT2D eigenvalue weighted by Crippen LogP contribution is -2.13. The molecule has 3 aromatic rings. The summed E-state index contributed by atoms with van der Waals surface area (Å²) in [5, 5.41) is 18.8. The second-order valence-corrected chi connectivity index (χ2v) is 4.51. The fraction of sp³-hybridized carbons (Fsp3) is 0.133. The molecule has 0 unspecified atom stereocenters. The van der Waals surface area contributed by atoms with E-state index in [1.54, 1.807) is 4.57 Å². The summed E-state index contributed by atoms with van der Waals surface area (Å²) in [6, 6.07) is 11.4. The van der Waals surface area contributed by atoms with E-state index in [9.17, 15) is 15.2 Å². The Morgan fingerprint density at radius 1 is 1.33 bits per heavy atom. The van der Waals surface area contributed by atoms with E-state index >= 15 is 0 Å². The Kier molecular flexibility index (Phi) is 3.26. The van der Waals surface area contributed by atoms with E-state index in [4.69, 9.17) is 0 Å². The van der Waals surface area contributed by atoms with Gasteiger partial charge in [0.05, 0.1) is 18.6 Å². The predicted molar refractivity (Wildman–Crippen MR) is 77.6 cm³/mol. The maximum atomic E-state index is 12.1. The van der Waals surface area contributed by atoms with Gasteiger partial charge in [0, 0.05) is 6.54 Å². The third kappa shape index (κ3) is 2.00. The van der Waals surface area contributed by atoms with Crippen LogP contribution in [0.5, 0.6) is 0 Å². The average molecular weight is 280 g/mol. The number of hydrogen-bond acceptors (Lipinski definition) is 4. The van der Waals surface area contributed by atoms with Crippen LogP contribution in [0, 0.1) is 11.3 Å². The van der Waals surface area contributed by atoms with Crippen LogP contribution in [-0.2, 0) is 6.54 Å². The fourth-order valence-corrected chi connectivity index (χ4v) is 2.51. The quantitative estimate of drug-likeness (QED) is 0.755. The molecule has 0 aliphatic carbocycles. The standard InChI is InChI=1S/C15H12N4O2/c16-8-11-12-14(15(21)18-9-17-12)19(6-7-20)13(11)10-4-2-1-3-5-10/h1-5,9,20H,6-7H2,(H,17,18,21). The van der Waals surface area contributed by atoms with Crippen molar-refractivity contribution in [3.05, 3.63) is 52.6 Å². The number of nitrogens with one attached hydrogen (secondary N) is 1. The molecule has 6 nitrogen and oxygen atoms in total. The van der Waals surface area contributed by atoms with Crippen LogP contribution >= 0.6 is 0 Å². The summed E-state index contributed by atoms with van der Waals surface area (Å²) in [6.45, 7) is 0.0833. The SMILES string of the molecule is N#Cc1c(-c2ccccc2)n(CCO)c2c(=O)[nH]cnc12. The van der Waals surface area contributed by atoms with Gasteiger partial charge in [-0.05, 0) is 5.56 Å². The zero-order chi connectivity index (χ0) is 14.8. The Balaban J connectivity index is 2.48. The van der Waals surface area contributed by atoms with E-state index in [1.807, 2.05) is 30.3 Å². The van der Waals surface area contributed by atoms with Crippen LogP contribution in [0.3, 0.4) is 0 Å². The molecule has 6 heteroatoms. The van der Waals surface area contributed by atoms with Crippen LogP contribution in [0.2, 0.25) is 0 Å². The number of aliphatic hydroxyl groups excluding tert-OH is 1. The third-order valence-corrected chi connectivity index (χ3v) is 3.32. The van der Waals surface area contributed by atoms with Crippen LogP contribution in [0.1, 0.15) is 5.56 Å². The number of aromatic nitrogens is 3. The molecule has 0 radical (unpaired) electrons. The smallest absolute Gasteiger partial charge is 0.275 e. The molecule has 0 spiro atoms. The van der Waals surface area contributed by atoms with Crippen LogP contribution in [0.15, 0.2) is 41.5 Å². The van der Waals surface area contributed by atoms with Gasteiger partial charge in [0.15, 0.2) is 0 Å². The summed E-state index contributed by atoms with van der Waals surface area (Å²) in [5.41, 5.74) is 2.09. The molecule has 0 atom stereocenters. The lowest BCUT2D eigenvalue weighted by Gasteiger charge is -2.08. The number of rotatable bonds is 3. The molecule has 0 saturated heterocycles. The van der Waals surface area contributed by atoms with Gasteiger partial charge in [0.1, 0.15) is 22.7 Å². The number of aromatic amines is 1. The average Bonchev–Trinajstić information content (AvgIpc) is 2.83. The largest absolute Gasteiger partial charge is 0.395 e. The van der Waals surface area contributed by atoms with E-state index in [2.05, 4.69) is 16.0 Å². The molecular formula is C15H12N4O2. The fourth-order valence-electron chi connectivity index (χ4n) is 2.51. The maximum absolute atomic E-state index is 12.1. The second kappa shape index (κ2) is 5.23. The minimum Gasteiger partial charge on any atom is -0.395 e. The summed E-state index contributed by atoms with van der Waals surface area (Å²) in [7, 11) is 0. The highest BCUT2D eigenvalue weighted by Crippen LogP contribution is 2.30. The number of nitrogens with zero attached hydrogens (tertiary/aromatic N) is 3. The Hall–Kier alpha value is -2.91. The van der Waals surface area contributed by atoms with Crippen molar-refractivity contribution in [2.75, 3.05) is 6.61 Å². The number of fused-ring (bicyclic) bond motifs is 1. The highest BCUT2D eigenvalue weighted by Gasteiger charge is 2.21. The van der Waals surface area contributed by atoms with Crippen molar-refractivity contribution >= 4 is 11.0 Å². The molecule has 0 aliphatic heterocycles. The number of hydrogen-bond donors (Lipinski definition) is 2. The number of H-pyrrole nitrogens is 1. The summed E-state index contributed by atoms with van der Waals surface area (Å²) in [6.07, 6.45) is 1.28. The molecule has 3 rings (SSSR count). The Bertz CT molecular complexity index is 888. The van der Waals surface area contributed by atoms with Crippen molar-refractivity contribution in [1.29, 1.82) is 5.26 Å². The summed E-state index contributed by atoms with van der Waals surface area (Å²) in [5.74, 6) is 0. The second-order valence-electron chi connectivity index (χ2n) is 4.51. The molecule has 0 amide bonds. The van der Waals surface area contributed by atoms with Crippen molar-refractivity contribution in [1.82, 2.24) is 14.5 Å². The monoisotopic (exact) mass is 280 g/mol. The molecule has 2 N–H and O–H groups in total. The molecular weight excluding hydrogens is 268 g/mol. The van der Waals surface area contributed by atoms with Gasteiger partial charge in [0.25, 0.3) is 5.56 Å². The van der Waals surface area contributed by atoms with Crippen molar-refractivity contribution in [3.63, 3.8) is 0 Å².